The average molecular weight is 281 g/mol. The van der Waals surface area contributed by atoms with Gasteiger partial charge in [0.15, 0.2) is 5.13 Å². The summed E-state index contributed by atoms with van der Waals surface area (Å²) < 4.78 is 0. The van der Waals surface area contributed by atoms with Crippen molar-refractivity contribution >= 4 is 22.4 Å². The second-order valence-electron chi connectivity index (χ2n) is 5.50. The third kappa shape index (κ3) is 4.58. The van der Waals surface area contributed by atoms with Crippen molar-refractivity contribution in [1.82, 2.24) is 10.3 Å². The molecule has 1 aliphatic rings. The molecule has 1 aromatic rings. The molecule has 0 radical (unpaired) electrons. The van der Waals surface area contributed by atoms with Crippen LogP contribution in [0.4, 0.5) is 5.13 Å². The van der Waals surface area contributed by atoms with Crippen molar-refractivity contribution in [1.29, 1.82) is 0 Å². The standard InChI is InChI=1S/C14H23N3OS/c1-10(2)12-9-16-14(19-12)17-13(18)4-3-11-5-7-15-8-6-11/h9-11,15H,3-8H2,1-2H3,(H,16,17,18). The van der Waals surface area contributed by atoms with E-state index in [2.05, 4.69) is 29.5 Å². The maximum atomic E-state index is 11.9. The number of nitrogens with one attached hydrogen (secondary N) is 2. The molecule has 0 saturated carbocycles. The summed E-state index contributed by atoms with van der Waals surface area (Å²) in [6.45, 7) is 6.46. The lowest BCUT2D eigenvalue weighted by molar-refractivity contribution is -0.116. The Labute approximate surface area is 119 Å². The summed E-state index contributed by atoms with van der Waals surface area (Å²) in [7, 11) is 0. The summed E-state index contributed by atoms with van der Waals surface area (Å²) in [6, 6.07) is 0. The molecular weight excluding hydrogens is 258 g/mol. The normalized spacial score (nSPS) is 16.8. The van der Waals surface area contributed by atoms with E-state index in [1.807, 2.05) is 6.20 Å². The molecule has 19 heavy (non-hydrogen) atoms. The number of hydrogen-bond acceptors (Lipinski definition) is 4. The number of piperidine rings is 1. The van der Waals surface area contributed by atoms with Crippen LogP contribution in [0, 0.1) is 5.92 Å². The molecule has 0 atom stereocenters. The highest BCUT2D eigenvalue weighted by Crippen LogP contribution is 2.25. The zero-order valence-electron chi connectivity index (χ0n) is 11.7. The summed E-state index contributed by atoms with van der Waals surface area (Å²) in [5, 5.41) is 6.99. The quantitative estimate of drug-likeness (QED) is 0.872. The summed E-state index contributed by atoms with van der Waals surface area (Å²) in [4.78, 5) is 17.3. The lowest BCUT2D eigenvalue weighted by Crippen LogP contribution is -2.28. The first-order chi connectivity index (χ1) is 9.15. The highest BCUT2D eigenvalue weighted by atomic mass is 32.1. The predicted octanol–water partition coefficient (Wildman–Crippen LogP) is 2.98. The fourth-order valence-corrected chi connectivity index (χ4v) is 3.13. The van der Waals surface area contributed by atoms with E-state index >= 15 is 0 Å². The van der Waals surface area contributed by atoms with Gasteiger partial charge in [0.1, 0.15) is 0 Å². The van der Waals surface area contributed by atoms with Gasteiger partial charge in [-0.3, -0.25) is 4.79 Å². The van der Waals surface area contributed by atoms with Crippen molar-refractivity contribution in [2.75, 3.05) is 18.4 Å². The van der Waals surface area contributed by atoms with Crippen LogP contribution >= 0.6 is 11.3 Å². The minimum atomic E-state index is 0.100. The van der Waals surface area contributed by atoms with E-state index in [4.69, 9.17) is 0 Å². The van der Waals surface area contributed by atoms with Gasteiger partial charge in [0.2, 0.25) is 5.91 Å². The van der Waals surface area contributed by atoms with E-state index in [-0.39, 0.29) is 5.91 Å². The van der Waals surface area contributed by atoms with Gasteiger partial charge in [-0.2, -0.15) is 0 Å². The third-order valence-corrected chi connectivity index (χ3v) is 4.79. The van der Waals surface area contributed by atoms with Gasteiger partial charge in [-0.15, -0.1) is 11.3 Å². The zero-order chi connectivity index (χ0) is 13.7. The number of thiazole rings is 1. The van der Waals surface area contributed by atoms with Crippen molar-refractivity contribution in [3.63, 3.8) is 0 Å². The van der Waals surface area contributed by atoms with Crippen LogP contribution in [0.2, 0.25) is 0 Å². The van der Waals surface area contributed by atoms with E-state index in [1.165, 1.54) is 17.7 Å². The molecule has 0 bridgehead atoms. The molecule has 1 saturated heterocycles. The van der Waals surface area contributed by atoms with Crippen molar-refractivity contribution in [3.05, 3.63) is 11.1 Å². The lowest BCUT2D eigenvalue weighted by Gasteiger charge is -2.21. The van der Waals surface area contributed by atoms with Crippen LogP contribution in [-0.4, -0.2) is 24.0 Å². The van der Waals surface area contributed by atoms with Crippen LogP contribution < -0.4 is 10.6 Å². The van der Waals surface area contributed by atoms with Crippen LogP contribution in [0.3, 0.4) is 0 Å². The fraction of sp³-hybridized carbons (Fsp3) is 0.714. The molecule has 5 heteroatoms. The first-order valence-electron chi connectivity index (χ1n) is 7.11. The van der Waals surface area contributed by atoms with Crippen LogP contribution in [0.5, 0.6) is 0 Å². The Morgan fingerprint density at radius 1 is 1.53 bits per heavy atom. The van der Waals surface area contributed by atoms with E-state index in [9.17, 15) is 4.79 Å². The minimum absolute atomic E-state index is 0.100. The first kappa shape index (κ1) is 14.5. The molecule has 1 amide bonds. The van der Waals surface area contributed by atoms with Gasteiger partial charge < -0.3 is 10.6 Å². The van der Waals surface area contributed by atoms with Gasteiger partial charge in [-0.1, -0.05) is 13.8 Å². The van der Waals surface area contributed by atoms with Crippen molar-refractivity contribution in [2.24, 2.45) is 5.92 Å². The Bertz CT molecular complexity index is 411. The van der Waals surface area contributed by atoms with E-state index in [0.29, 0.717) is 18.3 Å². The lowest BCUT2D eigenvalue weighted by atomic mass is 9.93. The second kappa shape index (κ2) is 7.01. The summed E-state index contributed by atoms with van der Waals surface area (Å²) in [5.74, 6) is 1.27. The van der Waals surface area contributed by atoms with Gasteiger partial charge in [0, 0.05) is 17.5 Å². The molecule has 1 fully saturated rings. The molecule has 4 nitrogen and oxygen atoms in total. The van der Waals surface area contributed by atoms with E-state index in [0.717, 1.165) is 24.6 Å². The predicted molar refractivity (Wildman–Crippen MR) is 79.7 cm³/mol. The average Bonchev–Trinajstić information content (AvgIpc) is 2.86. The Kier molecular flexibility index (Phi) is 5.34. The van der Waals surface area contributed by atoms with Gasteiger partial charge in [-0.05, 0) is 44.2 Å². The van der Waals surface area contributed by atoms with Crippen LogP contribution in [0.25, 0.3) is 0 Å². The molecule has 0 aliphatic carbocycles. The van der Waals surface area contributed by atoms with Crippen molar-refractivity contribution in [2.45, 2.75) is 45.4 Å². The first-order valence-corrected chi connectivity index (χ1v) is 7.93. The Balaban J connectivity index is 1.73. The third-order valence-electron chi connectivity index (χ3n) is 3.58. The summed E-state index contributed by atoms with van der Waals surface area (Å²) in [6.07, 6.45) is 5.86. The number of rotatable bonds is 5. The van der Waals surface area contributed by atoms with Crippen molar-refractivity contribution in [3.8, 4) is 0 Å². The summed E-state index contributed by atoms with van der Waals surface area (Å²) >= 11 is 1.58. The number of hydrogen-bond donors (Lipinski definition) is 2. The van der Waals surface area contributed by atoms with Gasteiger partial charge in [-0.25, -0.2) is 4.98 Å². The molecule has 106 valence electrons. The maximum absolute atomic E-state index is 11.9. The number of carbonyl (C=O) groups excluding carboxylic acids is 1. The number of amides is 1. The topological polar surface area (TPSA) is 54.0 Å². The van der Waals surface area contributed by atoms with Crippen LogP contribution in [0.1, 0.15) is 50.3 Å². The largest absolute Gasteiger partial charge is 0.317 e. The molecule has 2 rings (SSSR count). The second-order valence-corrected chi connectivity index (χ2v) is 6.56. The number of nitrogens with zero attached hydrogens (tertiary/aromatic N) is 1. The molecule has 2 N–H and O–H groups in total. The van der Waals surface area contributed by atoms with Crippen LogP contribution in [0.15, 0.2) is 6.20 Å². The molecule has 1 aromatic heterocycles. The van der Waals surface area contributed by atoms with Gasteiger partial charge in [0.25, 0.3) is 0 Å². The maximum Gasteiger partial charge on any atom is 0.226 e. The monoisotopic (exact) mass is 281 g/mol. The number of carbonyl (C=O) groups is 1. The molecule has 0 spiro atoms. The van der Waals surface area contributed by atoms with Crippen LogP contribution in [-0.2, 0) is 4.79 Å². The Morgan fingerprint density at radius 2 is 2.26 bits per heavy atom. The zero-order valence-corrected chi connectivity index (χ0v) is 12.6. The Hall–Kier alpha value is -0.940. The molecular formula is C14H23N3OS. The molecule has 2 heterocycles. The highest BCUT2D eigenvalue weighted by molar-refractivity contribution is 7.15. The van der Waals surface area contributed by atoms with Gasteiger partial charge in [0.05, 0.1) is 0 Å². The number of aromatic nitrogens is 1. The molecule has 0 aromatic carbocycles. The number of anilines is 1. The smallest absolute Gasteiger partial charge is 0.226 e. The SMILES string of the molecule is CC(C)c1cnc(NC(=O)CCC2CCNCC2)s1. The highest BCUT2D eigenvalue weighted by Gasteiger charge is 2.15. The summed E-state index contributed by atoms with van der Waals surface area (Å²) in [5.41, 5.74) is 0. The molecule has 1 aliphatic heterocycles. The van der Waals surface area contributed by atoms with E-state index < -0.39 is 0 Å². The Morgan fingerprint density at radius 3 is 2.89 bits per heavy atom. The fourth-order valence-electron chi connectivity index (χ4n) is 2.30. The molecule has 0 unspecified atom stereocenters. The van der Waals surface area contributed by atoms with Gasteiger partial charge >= 0.3 is 0 Å². The minimum Gasteiger partial charge on any atom is -0.317 e. The van der Waals surface area contributed by atoms with Crippen molar-refractivity contribution < 1.29 is 4.79 Å². The van der Waals surface area contributed by atoms with E-state index in [1.54, 1.807) is 11.3 Å².